The molecule has 0 atom stereocenters. The van der Waals surface area contributed by atoms with E-state index >= 15 is 0 Å². The largest absolute Gasteiger partial charge is 0.618 e. The maximum Gasteiger partial charge on any atom is 0.435 e. The summed E-state index contributed by atoms with van der Waals surface area (Å²) in [5.74, 6) is -5.76. The fourth-order valence-electron chi connectivity index (χ4n) is 3.22. The van der Waals surface area contributed by atoms with Gasteiger partial charge in [-0.15, -0.1) is 0 Å². The van der Waals surface area contributed by atoms with Gasteiger partial charge in [0.1, 0.15) is 0 Å². The molecule has 1 N–H and O–H groups in total. The van der Waals surface area contributed by atoms with Crippen LogP contribution in [0.1, 0.15) is 15.9 Å². The van der Waals surface area contributed by atoms with Crippen LogP contribution >= 0.6 is 11.6 Å². The van der Waals surface area contributed by atoms with E-state index in [0.717, 1.165) is 18.3 Å². The van der Waals surface area contributed by atoms with E-state index < -0.39 is 72.3 Å². The van der Waals surface area contributed by atoms with Crippen molar-refractivity contribution in [2.24, 2.45) is 0 Å². The van der Waals surface area contributed by atoms with Gasteiger partial charge in [-0.2, -0.15) is 39.9 Å². The lowest BCUT2D eigenvalue weighted by atomic mass is 9.94. The number of halogens is 10. The van der Waals surface area contributed by atoms with E-state index in [-0.39, 0.29) is 11.6 Å². The Bertz CT molecular complexity index is 1480. The van der Waals surface area contributed by atoms with Gasteiger partial charge in [0.05, 0.1) is 15.6 Å². The lowest BCUT2D eigenvalue weighted by Crippen LogP contribution is -2.50. The predicted molar refractivity (Wildman–Crippen MR) is 110 cm³/mol. The number of carbonyl (C=O) groups excluding carboxylic acids is 1. The molecule has 1 amide bonds. The molecule has 3 rings (SSSR count). The Morgan fingerprint density at radius 2 is 1.57 bits per heavy atom. The third-order valence-corrected chi connectivity index (χ3v) is 6.74. The highest BCUT2D eigenvalue weighted by Crippen LogP contribution is 2.54. The maximum atomic E-state index is 14.5. The average molecular weight is 581 g/mol. The number of hydrogen-bond donors (Lipinski definition) is 1. The van der Waals surface area contributed by atoms with E-state index in [1.54, 1.807) is 5.32 Å². The van der Waals surface area contributed by atoms with E-state index in [1.165, 1.54) is 18.2 Å². The van der Waals surface area contributed by atoms with Crippen molar-refractivity contribution in [1.29, 1.82) is 0 Å². The van der Waals surface area contributed by atoms with Crippen LogP contribution in [0.2, 0.25) is 5.02 Å². The number of hydrogen-bond acceptors (Lipinski definition) is 4. The Balaban J connectivity index is 2.23. The zero-order valence-electron chi connectivity index (χ0n) is 17.5. The summed E-state index contributed by atoms with van der Waals surface area (Å²) in [5.41, 5.74) is -10.5. The minimum Gasteiger partial charge on any atom is -0.618 e. The first-order valence-corrected chi connectivity index (χ1v) is 11.4. The van der Waals surface area contributed by atoms with Gasteiger partial charge < -0.3 is 10.5 Å². The number of nitrogens with one attached hydrogen (secondary N) is 1. The van der Waals surface area contributed by atoms with Crippen LogP contribution in [0.15, 0.2) is 53.6 Å². The molecule has 37 heavy (non-hydrogen) atoms. The molecule has 0 unspecified atom stereocenters. The Labute approximate surface area is 205 Å². The van der Waals surface area contributed by atoms with Gasteiger partial charge in [0, 0.05) is 28.6 Å². The molecule has 1 aromatic heterocycles. The zero-order valence-corrected chi connectivity index (χ0v) is 19.0. The molecule has 0 saturated carbocycles. The lowest BCUT2D eigenvalue weighted by molar-refractivity contribution is -0.577. The molecule has 0 saturated heterocycles. The molecule has 2 aromatic carbocycles. The van der Waals surface area contributed by atoms with Crippen molar-refractivity contribution in [3.63, 3.8) is 0 Å². The number of rotatable bonds is 5. The van der Waals surface area contributed by atoms with Crippen molar-refractivity contribution in [3.8, 4) is 0 Å². The van der Waals surface area contributed by atoms with Gasteiger partial charge in [-0.05, 0) is 30.3 Å². The molecular weight excluding hydrogens is 571 g/mol. The minimum atomic E-state index is -6.72. The van der Waals surface area contributed by atoms with Gasteiger partial charge in [0.25, 0.3) is 5.91 Å². The fraction of sp³-hybridized carbons (Fsp3) is 0.200. The van der Waals surface area contributed by atoms with Crippen LogP contribution in [-0.2, 0) is 15.5 Å². The maximum absolute atomic E-state index is 14.5. The Morgan fingerprint density at radius 3 is 2.11 bits per heavy atom. The van der Waals surface area contributed by atoms with Crippen molar-refractivity contribution in [1.82, 2.24) is 0 Å². The summed E-state index contributed by atoms with van der Waals surface area (Å²) in [4.78, 5) is 10.7. The fourth-order valence-corrected chi connectivity index (χ4v) is 4.47. The second-order valence-corrected chi connectivity index (χ2v) is 9.65. The highest BCUT2D eigenvalue weighted by atomic mass is 35.5. The standard InChI is InChI=1S/C20H10ClF9N2O4S/c21-12-7-11(18(24,19(25,26)27)20(28,29)30)8-14(37(35,36)17(22)23)15(12)31-16(33)10-4-3-9-2-1-5-32(34)13(9)6-10/h1-8,17H,(H,31,33). The van der Waals surface area contributed by atoms with Crippen LogP contribution in [-0.4, -0.2) is 32.4 Å². The molecule has 0 radical (unpaired) electrons. The van der Waals surface area contributed by atoms with Crippen LogP contribution in [0.25, 0.3) is 10.9 Å². The Morgan fingerprint density at radius 1 is 0.973 bits per heavy atom. The van der Waals surface area contributed by atoms with Crippen LogP contribution in [0, 0.1) is 5.21 Å². The smallest absolute Gasteiger partial charge is 0.435 e. The second kappa shape index (κ2) is 9.24. The monoisotopic (exact) mass is 580 g/mol. The van der Waals surface area contributed by atoms with Crippen LogP contribution < -0.4 is 10.0 Å². The molecule has 0 fully saturated rings. The number of nitrogens with zero attached hydrogens (tertiary/aromatic N) is 1. The molecule has 0 aliphatic rings. The third-order valence-electron chi connectivity index (χ3n) is 5.04. The molecule has 17 heteroatoms. The summed E-state index contributed by atoms with van der Waals surface area (Å²) in [6.45, 7) is 0. The van der Waals surface area contributed by atoms with Crippen molar-refractivity contribution in [3.05, 3.63) is 70.0 Å². The summed E-state index contributed by atoms with van der Waals surface area (Å²) in [6, 6.07) is 5.22. The molecule has 200 valence electrons. The molecular formula is C20H10ClF9N2O4S. The van der Waals surface area contributed by atoms with Gasteiger partial charge in [-0.3, -0.25) is 4.79 Å². The van der Waals surface area contributed by atoms with Gasteiger partial charge in [0.15, 0.2) is 6.20 Å². The SMILES string of the molecule is O=C(Nc1c(Cl)cc(C(F)(C(F)(F)F)C(F)(F)F)cc1S(=O)(=O)C(F)F)c1ccc2ccc[n+]([O-])c2c1. The van der Waals surface area contributed by atoms with E-state index in [1.807, 2.05) is 0 Å². The first-order valence-electron chi connectivity index (χ1n) is 9.44. The number of benzene rings is 2. The van der Waals surface area contributed by atoms with Gasteiger partial charge in [-0.25, -0.2) is 12.8 Å². The molecule has 3 aromatic rings. The Kier molecular flexibility index (Phi) is 7.07. The van der Waals surface area contributed by atoms with Crippen LogP contribution in [0.4, 0.5) is 45.2 Å². The first kappa shape index (κ1) is 28.3. The van der Waals surface area contributed by atoms with E-state index in [2.05, 4.69) is 0 Å². The third kappa shape index (κ3) is 4.86. The number of anilines is 1. The molecule has 0 aliphatic carbocycles. The highest BCUT2D eigenvalue weighted by molar-refractivity contribution is 7.91. The minimum absolute atomic E-state index is 0.0883. The average Bonchev–Trinajstić information content (AvgIpc) is 2.77. The number of amides is 1. The number of pyridine rings is 1. The van der Waals surface area contributed by atoms with Crippen LogP contribution in [0.5, 0.6) is 0 Å². The van der Waals surface area contributed by atoms with Crippen LogP contribution in [0.3, 0.4) is 0 Å². The molecule has 6 nitrogen and oxygen atoms in total. The number of aromatic nitrogens is 1. The van der Waals surface area contributed by atoms with Crippen molar-refractivity contribution in [2.75, 3.05) is 5.32 Å². The normalized spacial score (nSPS) is 13.3. The van der Waals surface area contributed by atoms with E-state index in [4.69, 9.17) is 11.6 Å². The van der Waals surface area contributed by atoms with E-state index in [9.17, 15) is 57.9 Å². The predicted octanol–water partition coefficient (Wildman–Crippen LogP) is 5.66. The molecule has 0 spiro atoms. The first-order chi connectivity index (χ1) is 16.8. The van der Waals surface area contributed by atoms with Gasteiger partial charge in [-0.1, -0.05) is 11.6 Å². The number of sulfone groups is 1. The summed E-state index contributed by atoms with van der Waals surface area (Å²) in [6.07, 6.45) is -12.4. The van der Waals surface area contributed by atoms with Crippen molar-refractivity contribution >= 4 is 43.9 Å². The Hall–Kier alpha value is -3.27. The summed E-state index contributed by atoms with van der Waals surface area (Å²) < 4.78 is 145. The lowest BCUT2D eigenvalue weighted by Gasteiger charge is -2.31. The van der Waals surface area contributed by atoms with Gasteiger partial charge >= 0.3 is 23.8 Å². The summed E-state index contributed by atoms with van der Waals surface area (Å²) >= 11 is 5.62. The molecule has 1 heterocycles. The van der Waals surface area contributed by atoms with E-state index in [0.29, 0.717) is 10.1 Å². The second-order valence-electron chi connectivity index (χ2n) is 7.35. The quantitative estimate of drug-likeness (QED) is 0.239. The summed E-state index contributed by atoms with van der Waals surface area (Å²) in [5, 5.41) is 12.5. The highest BCUT2D eigenvalue weighted by Gasteiger charge is 2.73. The number of alkyl halides is 9. The van der Waals surface area contributed by atoms with Gasteiger partial charge in [0.2, 0.25) is 15.4 Å². The number of carbonyl (C=O) groups is 1. The molecule has 0 bridgehead atoms. The topological polar surface area (TPSA) is 90.2 Å². The zero-order chi connectivity index (χ0) is 28.1. The number of fused-ring (bicyclic) bond motifs is 1. The molecule has 0 aliphatic heterocycles. The van der Waals surface area contributed by atoms with Crippen molar-refractivity contribution < 1.29 is 57.5 Å². The summed E-state index contributed by atoms with van der Waals surface area (Å²) in [7, 11) is -6.06. The van der Waals surface area contributed by atoms with Crippen molar-refractivity contribution in [2.45, 2.75) is 28.7 Å².